The van der Waals surface area contributed by atoms with E-state index in [4.69, 9.17) is 5.11 Å². The Bertz CT molecular complexity index is 213. The minimum atomic E-state index is 0.168. The summed E-state index contributed by atoms with van der Waals surface area (Å²) in [6.45, 7) is 7.01. The van der Waals surface area contributed by atoms with Crippen LogP contribution >= 0.6 is 0 Å². The molecule has 82 valence electrons. The number of hydrogen-bond acceptors (Lipinski definition) is 2. The molecule has 2 nitrogen and oxygen atoms in total. The second kappa shape index (κ2) is 4.45. The van der Waals surface area contributed by atoms with E-state index in [0.29, 0.717) is 5.92 Å². The molecule has 0 aromatic rings. The van der Waals surface area contributed by atoms with Crippen LogP contribution in [0.25, 0.3) is 0 Å². The van der Waals surface area contributed by atoms with Crippen molar-refractivity contribution in [3.05, 3.63) is 11.6 Å². The zero-order valence-corrected chi connectivity index (χ0v) is 9.45. The van der Waals surface area contributed by atoms with Gasteiger partial charge in [-0.25, -0.2) is 0 Å². The van der Waals surface area contributed by atoms with Crippen molar-refractivity contribution in [3.63, 3.8) is 0 Å². The largest absolute Gasteiger partial charge is 0.396 e. The Morgan fingerprint density at radius 2 is 1.93 bits per heavy atom. The Hall–Kier alpha value is -0.340. The van der Waals surface area contributed by atoms with Crippen molar-refractivity contribution in [3.8, 4) is 0 Å². The molecule has 0 aromatic heterocycles. The van der Waals surface area contributed by atoms with Gasteiger partial charge in [0, 0.05) is 19.1 Å². The minimum absolute atomic E-state index is 0.168. The van der Waals surface area contributed by atoms with E-state index in [0.717, 1.165) is 12.8 Å². The van der Waals surface area contributed by atoms with Crippen LogP contribution in [0.3, 0.4) is 0 Å². The minimum Gasteiger partial charge on any atom is -0.396 e. The van der Waals surface area contributed by atoms with E-state index in [1.54, 1.807) is 0 Å². The molecule has 2 heteroatoms. The van der Waals surface area contributed by atoms with Gasteiger partial charge in [0.2, 0.25) is 0 Å². The summed E-state index contributed by atoms with van der Waals surface area (Å²) in [6, 6.07) is 0. The Balaban J connectivity index is 2.78. The van der Waals surface area contributed by atoms with Gasteiger partial charge < -0.3 is 10.2 Å². The van der Waals surface area contributed by atoms with Gasteiger partial charge in [-0.3, -0.25) is 0 Å². The molecule has 0 radical (unpaired) electrons. The van der Waals surface area contributed by atoms with Gasteiger partial charge in [-0.05, 0) is 24.2 Å². The Kier molecular flexibility index (Phi) is 3.73. The van der Waals surface area contributed by atoms with Gasteiger partial charge in [-0.1, -0.05) is 32.4 Å². The summed E-state index contributed by atoms with van der Waals surface area (Å²) in [5, 5.41) is 18.3. The van der Waals surface area contributed by atoms with Crippen molar-refractivity contribution in [2.75, 3.05) is 13.2 Å². The fraction of sp³-hybridized carbons (Fsp3) is 0.833. The van der Waals surface area contributed by atoms with Crippen molar-refractivity contribution in [2.24, 2.45) is 17.3 Å². The van der Waals surface area contributed by atoms with Gasteiger partial charge in [-0.15, -0.1) is 0 Å². The molecule has 0 fully saturated rings. The fourth-order valence-electron chi connectivity index (χ4n) is 2.07. The van der Waals surface area contributed by atoms with E-state index in [-0.39, 0.29) is 24.5 Å². The third-order valence-corrected chi connectivity index (χ3v) is 3.04. The molecule has 0 bridgehead atoms. The van der Waals surface area contributed by atoms with Crippen LogP contribution in [0.5, 0.6) is 0 Å². The van der Waals surface area contributed by atoms with E-state index in [1.807, 2.05) is 0 Å². The second-order valence-corrected chi connectivity index (χ2v) is 5.37. The molecule has 0 aliphatic heterocycles. The van der Waals surface area contributed by atoms with Crippen LogP contribution in [0.15, 0.2) is 11.6 Å². The predicted octanol–water partition coefficient (Wildman–Crippen LogP) is 1.97. The number of allylic oxidation sites excluding steroid dienone is 1. The molecule has 1 rings (SSSR count). The monoisotopic (exact) mass is 198 g/mol. The van der Waals surface area contributed by atoms with Gasteiger partial charge in [0.15, 0.2) is 0 Å². The van der Waals surface area contributed by atoms with Crippen LogP contribution in [-0.4, -0.2) is 23.4 Å². The molecule has 0 saturated heterocycles. The van der Waals surface area contributed by atoms with Crippen LogP contribution in [0, 0.1) is 17.3 Å². The average Bonchev–Trinajstić information content (AvgIpc) is 2.15. The lowest BCUT2D eigenvalue weighted by molar-refractivity contribution is 0.163. The summed E-state index contributed by atoms with van der Waals surface area (Å²) < 4.78 is 0. The van der Waals surface area contributed by atoms with Gasteiger partial charge in [0.25, 0.3) is 0 Å². The van der Waals surface area contributed by atoms with Crippen molar-refractivity contribution < 1.29 is 10.2 Å². The van der Waals surface area contributed by atoms with Crippen molar-refractivity contribution in [1.82, 2.24) is 0 Å². The van der Waals surface area contributed by atoms with Crippen LogP contribution in [-0.2, 0) is 0 Å². The smallest absolute Gasteiger partial charge is 0.0494 e. The lowest BCUT2D eigenvalue weighted by atomic mass is 9.73. The van der Waals surface area contributed by atoms with Gasteiger partial charge in [0.05, 0.1) is 0 Å². The van der Waals surface area contributed by atoms with E-state index in [1.165, 1.54) is 5.57 Å². The highest BCUT2D eigenvalue weighted by molar-refractivity contribution is 5.16. The van der Waals surface area contributed by atoms with Crippen molar-refractivity contribution >= 4 is 0 Å². The maximum atomic E-state index is 9.18. The molecule has 0 aromatic carbocycles. The third-order valence-electron chi connectivity index (χ3n) is 3.04. The zero-order chi connectivity index (χ0) is 10.8. The molecule has 0 amide bonds. The molecular formula is C12H22O2. The second-order valence-electron chi connectivity index (χ2n) is 5.37. The topological polar surface area (TPSA) is 40.5 Å². The number of rotatable bonds is 2. The first-order valence-corrected chi connectivity index (χ1v) is 5.40. The van der Waals surface area contributed by atoms with Gasteiger partial charge >= 0.3 is 0 Å². The van der Waals surface area contributed by atoms with E-state index in [2.05, 4.69) is 26.8 Å². The van der Waals surface area contributed by atoms with Gasteiger partial charge in [0.1, 0.15) is 0 Å². The normalized spacial score (nSPS) is 28.8. The first-order chi connectivity index (χ1) is 6.47. The molecule has 1 aliphatic rings. The molecular weight excluding hydrogens is 176 g/mol. The van der Waals surface area contributed by atoms with E-state index in [9.17, 15) is 5.11 Å². The summed E-state index contributed by atoms with van der Waals surface area (Å²) in [4.78, 5) is 0. The highest BCUT2D eigenvalue weighted by Gasteiger charge is 2.27. The Morgan fingerprint density at radius 1 is 1.29 bits per heavy atom. The molecule has 0 unspecified atom stereocenters. The highest BCUT2D eigenvalue weighted by atomic mass is 16.3. The van der Waals surface area contributed by atoms with Gasteiger partial charge in [-0.2, -0.15) is 0 Å². The maximum Gasteiger partial charge on any atom is 0.0494 e. The molecule has 14 heavy (non-hydrogen) atoms. The zero-order valence-electron chi connectivity index (χ0n) is 9.45. The average molecular weight is 198 g/mol. The quantitative estimate of drug-likeness (QED) is 0.666. The van der Waals surface area contributed by atoms with Crippen molar-refractivity contribution in [1.29, 1.82) is 0 Å². The van der Waals surface area contributed by atoms with E-state index >= 15 is 0 Å². The lowest BCUT2D eigenvalue weighted by Crippen LogP contribution is -2.24. The predicted molar refractivity (Wildman–Crippen MR) is 57.9 cm³/mol. The Labute approximate surface area is 86.6 Å². The summed E-state index contributed by atoms with van der Waals surface area (Å²) >= 11 is 0. The molecule has 2 N–H and O–H groups in total. The summed E-state index contributed by atoms with van der Waals surface area (Å²) in [5.74, 6) is 0.585. The number of aliphatic hydroxyl groups is 2. The van der Waals surface area contributed by atoms with Crippen LogP contribution in [0.1, 0.15) is 33.6 Å². The highest BCUT2D eigenvalue weighted by Crippen LogP contribution is 2.37. The molecule has 0 saturated carbocycles. The molecule has 0 heterocycles. The molecule has 2 atom stereocenters. The van der Waals surface area contributed by atoms with Crippen LogP contribution in [0.2, 0.25) is 0 Å². The fourth-order valence-corrected chi connectivity index (χ4v) is 2.07. The van der Waals surface area contributed by atoms with Crippen LogP contribution in [0.4, 0.5) is 0 Å². The van der Waals surface area contributed by atoms with Crippen LogP contribution < -0.4 is 0 Å². The first-order valence-electron chi connectivity index (χ1n) is 5.40. The third kappa shape index (κ3) is 2.82. The lowest BCUT2D eigenvalue weighted by Gasteiger charge is -2.33. The molecule has 0 spiro atoms. The summed E-state index contributed by atoms with van der Waals surface area (Å²) in [7, 11) is 0. The summed E-state index contributed by atoms with van der Waals surface area (Å²) in [6.07, 6.45) is 4.11. The molecule has 1 aliphatic carbocycles. The SMILES string of the molecule is CC(C)(C)C1=C[C@H](CO)C[C@@H](CO)C1. The van der Waals surface area contributed by atoms with E-state index < -0.39 is 0 Å². The Morgan fingerprint density at radius 3 is 2.36 bits per heavy atom. The number of hydrogen-bond donors (Lipinski definition) is 2. The maximum absolute atomic E-state index is 9.18. The summed E-state index contributed by atoms with van der Waals surface area (Å²) in [5.41, 5.74) is 1.54. The first kappa shape index (κ1) is 11.7. The van der Waals surface area contributed by atoms with Crippen molar-refractivity contribution in [2.45, 2.75) is 33.6 Å². The standard InChI is InChI=1S/C12H22O2/c1-12(2,3)11-5-9(7-13)4-10(6-11)8-14/h5,9-10,13-14H,4,6-8H2,1-3H3/t9-,10-/m1/s1. The number of aliphatic hydroxyl groups excluding tert-OH is 2.